The van der Waals surface area contributed by atoms with E-state index in [9.17, 15) is 10.1 Å². The molecule has 0 aliphatic carbocycles. The monoisotopic (exact) mass is 390 g/mol. The first-order valence-electron chi connectivity index (χ1n) is 9.64. The lowest BCUT2D eigenvalue weighted by Crippen LogP contribution is -2.50. The second-order valence-electron chi connectivity index (χ2n) is 7.62. The Morgan fingerprint density at radius 3 is 2.83 bits per heavy atom. The van der Waals surface area contributed by atoms with Crippen LogP contribution in [0.15, 0.2) is 35.1 Å². The van der Waals surface area contributed by atoms with E-state index in [1.165, 1.54) is 0 Å². The van der Waals surface area contributed by atoms with Gasteiger partial charge in [0.1, 0.15) is 22.9 Å². The van der Waals surface area contributed by atoms with Gasteiger partial charge in [-0.2, -0.15) is 5.26 Å². The van der Waals surface area contributed by atoms with E-state index in [0.29, 0.717) is 34.8 Å². The molecule has 2 atom stereocenters. The van der Waals surface area contributed by atoms with Crippen LogP contribution in [0.1, 0.15) is 30.4 Å². The summed E-state index contributed by atoms with van der Waals surface area (Å²) in [7, 11) is 0. The number of hydrogen-bond donors (Lipinski definition) is 1. The smallest absolute Gasteiger partial charge is 0.228 e. The van der Waals surface area contributed by atoms with Gasteiger partial charge in [0.05, 0.1) is 23.4 Å². The van der Waals surface area contributed by atoms with Gasteiger partial charge in [0.15, 0.2) is 0 Å². The molecular formula is C21H22N6O2. The van der Waals surface area contributed by atoms with Gasteiger partial charge in [-0.05, 0) is 31.4 Å². The maximum atomic E-state index is 12.5. The topological polar surface area (TPSA) is 108 Å². The van der Waals surface area contributed by atoms with Crippen LogP contribution < -0.4 is 10.2 Å². The van der Waals surface area contributed by atoms with Crippen molar-refractivity contribution in [2.24, 2.45) is 5.92 Å². The highest BCUT2D eigenvalue weighted by Crippen LogP contribution is 2.30. The molecule has 0 saturated carbocycles. The lowest BCUT2D eigenvalue weighted by molar-refractivity contribution is -0.121. The zero-order valence-corrected chi connectivity index (χ0v) is 16.4. The molecule has 148 valence electrons. The van der Waals surface area contributed by atoms with Gasteiger partial charge in [-0.25, -0.2) is 0 Å². The van der Waals surface area contributed by atoms with Crippen molar-refractivity contribution < 1.29 is 9.32 Å². The fourth-order valence-electron chi connectivity index (χ4n) is 3.98. The quantitative estimate of drug-likeness (QED) is 0.728. The van der Waals surface area contributed by atoms with E-state index in [1.54, 1.807) is 24.5 Å². The number of carbonyl (C=O) groups is 1. The van der Waals surface area contributed by atoms with Crippen LogP contribution in [0.25, 0.3) is 11.0 Å². The number of amides is 1. The Bertz CT molecular complexity index is 1090. The molecule has 0 bridgehead atoms. The molecule has 1 aliphatic rings. The molecule has 29 heavy (non-hydrogen) atoms. The van der Waals surface area contributed by atoms with E-state index in [1.807, 2.05) is 13.0 Å². The molecule has 2 aromatic heterocycles. The van der Waals surface area contributed by atoms with Crippen LogP contribution in [-0.2, 0) is 11.2 Å². The van der Waals surface area contributed by atoms with Gasteiger partial charge in [-0.3, -0.25) is 14.8 Å². The molecule has 1 saturated heterocycles. The Hall–Kier alpha value is -3.47. The van der Waals surface area contributed by atoms with E-state index in [2.05, 4.69) is 38.3 Å². The van der Waals surface area contributed by atoms with Crippen molar-refractivity contribution >= 4 is 22.6 Å². The number of carbonyl (C=O) groups excluding carboxylic acids is 1. The molecular weight excluding hydrogens is 368 g/mol. The van der Waals surface area contributed by atoms with E-state index < -0.39 is 0 Å². The minimum absolute atomic E-state index is 0.0117. The third-order valence-electron chi connectivity index (χ3n) is 5.10. The number of piperidine rings is 1. The van der Waals surface area contributed by atoms with E-state index in [0.717, 1.165) is 24.3 Å². The van der Waals surface area contributed by atoms with Crippen LogP contribution in [0.3, 0.4) is 0 Å². The Kier molecular flexibility index (Phi) is 5.12. The predicted molar refractivity (Wildman–Crippen MR) is 107 cm³/mol. The molecule has 1 fully saturated rings. The number of anilines is 1. The van der Waals surface area contributed by atoms with Crippen LogP contribution in [0, 0.1) is 24.2 Å². The minimum Gasteiger partial charge on any atom is -0.367 e. The molecule has 0 unspecified atom stereocenters. The first-order chi connectivity index (χ1) is 14.0. The lowest BCUT2D eigenvalue weighted by atomic mass is 9.95. The summed E-state index contributed by atoms with van der Waals surface area (Å²) in [5.41, 5.74) is 3.52. The van der Waals surface area contributed by atoms with Crippen LogP contribution in [0.2, 0.25) is 0 Å². The number of rotatable bonds is 4. The second kappa shape index (κ2) is 7.87. The Morgan fingerprint density at radius 2 is 2.10 bits per heavy atom. The molecule has 3 heterocycles. The number of hydrogen-bond acceptors (Lipinski definition) is 7. The molecule has 8 nitrogen and oxygen atoms in total. The minimum atomic E-state index is -0.0790. The summed E-state index contributed by atoms with van der Waals surface area (Å²) >= 11 is 0. The number of aromatic nitrogens is 3. The molecule has 1 aromatic carbocycles. The molecule has 0 radical (unpaired) electrons. The molecule has 1 aliphatic heterocycles. The largest absolute Gasteiger partial charge is 0.367 e. The van der Waals surface area contributed by atoms with Crippen molar-refractivity contribution in [2.45, 2.75) is 32.7 Å². The van der Waals surface area contributed by atoms with Gasteiger partial charge >= 0.3 is 0 Å². The molecule has 1 N–H and O–H groups in total. The van der Waals surface area contributed by atoms with Crippen LogP contribution in [0.5, 0.6) is 0 Å². The molecule has 1 amide bonds. The number of benzene rings is 1. The fraction of sp³-hybridized carbons (Fsp3) is 0.381. The predicted octanol–water partition coefficient (Wildman–Crippen LogP) is 2.37. The summed E-state index contributed by atoms with van der Waals surface area (Å²) < 4.78 is 5.14. The number of nitrogens with one attached hydrogen (secondary N) is 1. The molecule has 4 rings (SSSR count). The number of aryl methyl sites for hydroxylation is 1. The van der Waals surface area contributed by atoms with Gasteiger partial charge in [-0.15, -0.1) is 0 Å². The summed E-state index contributed by atoms with van der Waals surface area (Å²) in [4.78, 5) is 23.5. The first-order valence-corrected chi connectivity index (χ1v) is 9.64. The Balaban J connectivity index is 1.53. The lowest BCUT2D eigenvalue weighted by Gasteiger charge is -2.38. The standard InChI is InChI=1S/C21H22N6O2/c1-13-7-16(25-19(28)9-17-8-14(2)26-29-17)12-27(11-13)18-4-3-15(10-22)20-21(18)24-6-5-23-20/h3-6,8,13,16H,7,9,11-12H2,1-2H3,(H,25,28)/t13-,16+/m0/s1. The van der Waals surface area contributed by atoms with Gasteiger partial charge in [0.2, 0.25) is 5.91 Å². The van der Waals surface area contributed by atoms with Crippen LogP contribution >= 0.6 is 0 Å². The van der Waals surface area contributed by atoms with Gasteiger partial charge in [0, 0.05) is 37.6 Å². The molecule has 0 spiro atoms. The summed E-state index contributed by atoms with van der Waals surface area (Å²) in [5.74, 6) is 0.877. The zero-order chi connectivity index (χ0) is 20.4. The highest BCUT2D eigenvalue weighted by Gasteiger charge is 2.28. The number of nitrogens with zero attached hydrogens (tertiary/aromatic N) is 5. The highest BCUT2D eigenvalue weighted by molar-refractivity contribution is 5.92. The van der Waals surface area contributed by atoms with Gasteiger partial charge in [0.25, 0.3) is 0 Å². The third-order valence-corrected chi connectivity index (χ3v) is 5.10. The van der Waals surface area contributed by atoms with E-state index in [-0.39, 0.29) is 18.4 Å². The van der Waals surface area contributed by atoms with Crippen molar-refractivity contribution in [1.29, 1.82) is 5.26 Å². The summed E-state index contributed by atoms with van der Waals surface area (Å²) in [5, 5.41) is 16.3. The fourth-order valence-corrected chi connectivity index (χ4v) is 3.98. The van der Waals surface area contributed by atoms with E-state index >= 15 is 0 Å². The van der Waals surface area contributed by atoms with Crippen molar-refractivity contribution in [3.05, 3.63) is 47.6 Å². The van der Waals surface area contributed by atoms with Crippen molar-refractivity contribution in [3.8, 4) is 6.07 Å². The van der Waals surface area contributed by atoms with Gasteiger partial charge < -0.3 is 14.7 Å². The Labute approximate surface area is 168 Å². The average Bonchev–Trinajstić information content (AvgIpc) is 3.11. The van der Waals surface area contributed by atoms with Crippen LogP contribution in [-0.4, -0.2) is 40.2 Å². The average molecular weight is 390 g/mol. The zero-order valence-electron chi connectivity index (χ0n) is 16.4. The number of nitriles is 1. The first kappa shape index (κ1) is 18.9. The maximum Gasteiger partial charge on any atom is 0.228 e. The molecule has 3 aromatic rings. The summed E-state index contributed by atoms with van der Waals surface area (Å²) in [6.07, 6.45) is 4.31. The maximum absolute atomic E-state index is 12.5. The Morgan fingerprint density at radius 1 is 1.31 bits per heavy atom. The van der Waals surface area contributed by atoms with Crippen molar-refractivity contribution in [1.82, 2.24) is 20.4 Å². The van der Waals surface area contributed by atoms with Crippen LogP contribution in [0.4, 0.5) is 5.69 Å². The third kappa shape index (κ3) is 4.04. The van der Waals surface area contributed by atoms with E-state index in [4.69, 9.17) is 4.52 Å². The SMILES string of the molecule is Cc1cc(CC(=O)N[C@@H]2C[C@H](C)CN(c3ccc(C#N)c4nccnc34)C2)on1. The normalized spacial score (nSPS) is 19.1. The van der Waals surface area contributed by atoms with Gasteiger partial charge in [-0.1, -0.05) is 12.1 Å². The van der Waals surface area contributed by atoms with Crippen molar-refractivity contribution in [2.75, 3.05) is 18.0 Å². The second-order valence-corrected chi connectivity index (χ2v) is 7.62. The van der Waals surface area contributed by atoms with Crippen molar-refractivity contribution in [3.63, 3.8) is 0 Å². The highest BCUT2D eigenvalue weighted by atomic mass is 16.5. The molecule has 8 heteroatoms. The number of fused-ring (bicyclic) bond motifs is 1. The summed E-state index contributed by atoms with van der Waals surface area (Å²) in [6, 6.07) is 7.67. The summed E-state index contributed by atoms with van der Waals surface area (Å²) in [6.45, 7) is 5.52.